The minimum absolute atomic E-state index is 0.171. The van der Waals surface area contributed by atoms with E-state index in [4.69, 9.17) is 4.74 Å². The molecule has 0 heterocycles. The molecule has 0 aliphatic rings. The van der Waals surface area contributed by atoms with Crippen LogP contribution in [0.2, 0.25) is 0 Å². The van der Waals surface area contributed by atoms with E-state index in [1.807, 2.05) is 51.1 Å². The number of rotatable bonds is 6. The van der Waals surface area contributed by atoms with Gasteiger partial charge < -0.3 is 10.1 Å². The second-order valence-corrected chi connectivity index (χ2v) is 5.02. The highest BCUT2D eigenvalue weighted by atomic mass is 19.1. The van der Waals surface area contributed by atoms with Gasteiger partial charge in [0.05, 0.1) is 12.6 Å². The Labute approximate surface area is 126 Å². The Morgan fingerprint density at radius 2 is 1.95 bits per heavy atom. The van der Waals surface area contributed by atoms with Gasteiger partial charge in [0.15, 0.2) is 0 Å². The Balaban J connectivity index is 2.42. The molecule has 112 valence electrons. The molecule has 1 N–H and O–H groups in total. The zero-order valence-electron chi connectivity index (χ0n) is 12.8. The van der Waals surface area contributed by atoms with E-state index in [9.17, 15) is 4.39 Å². The Morgan fingerprint density at radius 3 is 2.67 bits per heavy atom. The average Bonchev–Trinajstić information content (AvgIpc) is 2.48. The lowest BCUT2D eigenvalue weighted by molar-refractivity contribution is 0.339. The topological polar surface area (TPSA) is 21.3 Å². The van der Waals surface area contributed by atoms with Crippen LogP contribution in [0, 0.1) is 12.7 Å². The number of nitrogens with one attached hydrogen (secondary N) is 1. The van der Waals surface area contributed by atoms with Crippen LogP contribution in [0.3, 0.4) is 0 Å². The van der Waals surface area contributed by atoms with Crippen molar-refractivity contribution in [1.29, 1.82) is 0 Å². The third-order valence-electron chi connectivity index (χ3n) is 3.37. The van der Waals surface area contributed by atoms with Crippen molar-refractivity contribution in [3.05, 3.63) is 65.0 Å². The Kier molecular flexibility index (Phi) is 5.34. The molecule has 0 radical (unpaired) electrons. The predicted molar refractivity (Wildman–Crippen MR) is 84.3 cm³/mol. The highest BCUT2D eigenvalue weighted by molar-refractivity contribution is 5.38. The smallest absolute Gasteiger partial charge is 0.128 e. The van der Waals surface area contributed by atoms with Gasteiger partial charge in [-0.25, -0.2) is 4.39 Å². The van der Waals surface area contributed by atoms with Gasteiger partial charge in [-0.1, -0.05) is 36.8 Å². The molecule has 0 saturated heterocycles. The van der Waals surface area contributed by atoms with Crippen molar-refractivity contribution in [2.45, 2.75) is 26.8 Å². The molecule has 0 amide bonds. The Morgan fingerprint density at radius 1 is 1.14 bits per heavy atom. The summed E-state index contributed by atoms with van der Waals surface area (Å²) in [4.78, 5) is 0. The fourth-order valence-corrected chi connectivity index (χ4v) is 2.45. The first kappa shape index (κ1) is 15.5. The van der Waals surface area contributed by atoms with Crippen molar-refractivity contribution < 1.29 is 9.13 Å². The van der Waals surface area contributed by atoms with Gasteiger partial charge in [-0.05, 0) is 44.2 Å². The van der Waals surface area contributed by atoms with Gasteiger partial charge in [0, 0.05) is 5.56 Å². The van der Waals surface area contributed by atoms with Crippen molar-refractivity contribution >= 4 is 0 Å². The van der Waals surface area contributed by atoms with Crippen molar-refractivity contribution in [3.63, 3.8) is 0 Å². The van der Waals surface area contributed by atoms with E-state index in [0.717, 1.165) is 23.4 Å². The molecule has 2 aromatic carbocycles. The van der Waals surface area contributed by atoms with Crippen LogP contribution in [0.1, 0.15) is 36.6 Å². The van der Waals surface area contributed by atoms with Crippen LogP contribution in [0.15, 0.2) is 42.5 Å². The van der Waals surface area contributed by atoms with E-state index in [0.29, 0.717) is 12.2 Å². The summed E-state index contributed by atoms with van der Waals surface area (Å²) in [6, 6.07) is 12.9. The van der Waals surface area contributed by atoms with Crippen molar-refractivity contribution in [1.82, 2.24) is 5.32 Å². The molecule has 0 aliphatic carbocycles. The molecule has 3 heteroatoms. The second kappa shape index (κ2) is 7.23. The number of ether oxygens (including phenoxy) is 1. The molecule has 21 heavy (non-hydrogen) atoms. The zero-order chi connectivity index (χ0) is 15.2. The third kappa shape index (κ3) is 3.82. The van der Waals surface area contributed by atoms with E-state index < -0.39 is 0 Å². The normalized spacial score (nSPS) is 12.2. The summed E-state index contributed by atoms with van der Waals surface area (Å²) < 4.78 is 19.7. The molecule has 0 spiro atoms. The molecule has 2 aromatic rings. The number of hydrogen-bond donors (Lipinski definition) is 1. The molecule has 0 bridgehead atoms. The molecule has 2 nitrogen and oxygen atoms in total. The summed E-state index contributed by atoms with van der Waals surface area (Å²) in [6.45, 7) is 7.33. The first-order valence-electron chi connectivity index (χ1n) is 7.37. The van der Waals surface area contributed by atoms with Crippen LogP contribution in [0.4, 0.5) is 4.39 Å². The number of aryl methyl sites for hydroxylation is 1. The van der Waals surface area contributed by atoms with Gasteiger partial charge >= 0.3 is 0 Å². The average molecular weight is 287 g/mol. The van der Waals surface area contributed by atoms with Crippen molar-refractivity contribution in [2.24, 2.45) is 0 Å². The number of benzene rings is 2. The SMILES string of the molecule is CCNC(c1cccc(OCC)c1)c1cc(C)ccc1F. The Hall–Kier alpha value is -1.87. The molecule has 2 rings (SSSR count). The lowest BCUT2D eigenvalue weighted by Gasteiger charge is -2.20. The van der Waals surface area contributed by atoms with Crippen molar-refractivity contribution in [3.8, 4) is 5.75 Å². The standard InChI is InChI=1S/C18H22FNO/c1-4-20-18(16-11-13(3)9-10-17(16)19)14-7-6-8-15(12-14)21-5-2/h6-12,18,20H,4-5H2,1-3H3. The van der Waals surface area contributed by atoms with E-state index in [2.05, 4.69) is 5.32 Å². The lowest BCUT2D eigenvalue weighted by atomic mass is 9.96. The fraction of sp³-hybridized carbons (Fsp3) is 0.333. The summed E-state index contributed by atoms with van der Waals surface area (Å²) in [7, 11) is 0. The zero-order valence-corrected chi connectivity index (χ0v) is 12.8. The largest absolute Gasteiger partial charge is 0.494 e. The molecule has 0 fully saturated rings. The van der Waals surface area contributed by atoms with Gasteiger partial charge in [0.2, 0.25) is 0 Å². The van der Waals surface area contributed by atoms with Crippen LogP contribution in [-0.4, -0.2) is 13.2 Å². The first-order valence-corrected chi connectivity index (χ1v) is 7.37. The molecule has 0 saturated carbocycles. The van der Waals surface area contributed by atoms with Gasteiger partial charge in [-0.15, -0.1) is 0 Å². The van der Waals surface area contributed by atoms with Gasteiger partial charge in [0.25, 0.3) is 0 Å². The molecule has 1 unspecified atom stereocenters. The van der Waals surface area contributed by atoms with Crippen LogP contribution in [0.5, 0.6) is 5.75 Å². The number of hydrogen-bond acceptors (Lipinski definition) is 2. The number of halogens is 1. The molecule has 0 aliphatic heterocycles. The molecular formula is C18H22FNO. The summed E-state index contributed by atoms with van der Waals surface area (Å²) in [6.07, 6.45) is 0. The van der Waals surface area contributed by atoms with Gasteiger partial charge in [-0.2, -0.15) is 0 Å². The summed E-state index contributed by atoms with van der Waals surface area (Å²) in [5.74, 6) is 0.624. The summed E-state index contributed by atoms with van der Waals surface area (Å²) in [5, 5.41) is 3.36. The fourth-order valence-electron chi connectivity index (χ4n) is 2.45. The van der Waals surface area contributed by atoms with Crippen LogP contribution in [-0.2, 0) is 0 Å². The highest BCUT2D eigenvalue weighted by Gasteiger charge is 2.17. The van der Waals surface area contributed by atoms with Gasteiger partial charge in [-0.3, -0.25) is 0 Å². The van der Waals surface area contributed by atoms with Crippen molar-refractivity contribution in [2.75, 3.05) is 13.2 Å². The van der Waals surface area contributed by atoms with Crippen LogP contribution >= 0.6 is 0 Å². The Bertz CT molecular complexity index is 598. The predicted octanol–water partition coefficient (Wildman–Crippen LogP) is 4.23. The maximum absolute atomic E-state index is 14.2. The van der Waals surface area contributed by atoms with Crippen LogP contribution < -0.4 is 10.1 Å². The van der Waals surface area contributed by atoms with Gasteiger partial charge in [0.1, 0.15) is 11.6 Å². The molecule has 1 atom stereocenters. The first-order chi connectivity index (χ1) is 10.2. The lowest BCUT2D eigenvalue weighted by Crippen LogP contribution is -2.23. The maximum atomic E-state index is 14.2. The summed E-state index contributed by atoms with van der Waals surface area (Å²) in [5.41, 5.74) is 2.73. The minimum Gasteiger partial charge on any atom is -0.494 e. The molecular weight excluding hydrogens is 265 g/mol. The van der Waals surface area contributed by atoms with E-state index >= 15 is 0 Å². The van der Waals surface area contributed by atoms with Crippen LogP contribution in [0.25, 0.3) is 0 Å². The molecule has 0 aromatic heterocycles. The monoisotopic (exact) mass is 287 g/mol. The van der Waals surface area contributed by atoms with E-state index in [-0.39, 0.29) is 11.9 Å². The van der Waals surface area contributed by atoms with E-state index in [1.165, 1.54) is 6.07 Å². The maximum Gasteiger partial charge on any atom is 0.128 e. The highest BCUT2D eigenvalue weighted by Crippen LogP contribution is 2.27. The third-order valence-corrected chi connectivity index (χ3v) is 3.37. The quantitative estimate of drug-likeness (QED) is 0.858. The minimum atomic E-state index is -0.187. The second-order valence-electron chi connectivity index (χ2n) is 5.02. The summed E-state index contributed by atoms with van der Waals surface area (Å²) >= 11 is 0. The van der Waals surface area contributed by atoms with E-state index in [1.54, 1.807) is 6.07 Å².